The molecule has 0 spiro atoms. The summed E-state index contributed by atoms with van der Waals surface area (Å²) < 4.78 is 8.41. The summed E-state index contributed by atoms with van der Waals surface area (Å²) in [6.07, 6.45) is 0. The Morgan fingerprint density at radius 1 is 1.00 bits per heavy atom. The van der Waals surface area contributed by atoms with E-state index in [-0.39, 0.29) is 5.91 Å². The van der Waals surface area contributed by atoms with E-state index >= 15 is 0 Å². The van der Waals surface area contributed by atoms with Crippen LogP contribution in [0.15, 0.2) is 78.9 Å². The molecule has 6 nitrogen and oxygen atoms in total. The van der Waals surface area contributed by atoms with Crippen molar-refractivity contribution in [2.24, 2.45) is 0 Å². The zero-order valence-electron chi connectivity index (χ0n) is 16.9. The Morgan fingerprint density at radius 3 is 2.59 bits per heavy atom. The number of thiazole rings is 1. The first kappa shape index (κ1) is 20.2. The van der Waals surface area contributed by atoms with Crippen molar-refractivity contribution in [1.82, 2.24) is 14.8 Å². The van der Waals surface area contributed by atoms with Gasteiger partial charge in [0.15, 0.2) is 0 Å². The fourth-order valence-corrected chi connectivity index (χ4v) is 4.47. The zero-order chi connectivity index (χ0) is 22.1. The largest absolute Gasteiger partial charge is 0.457 e. The molecule has 0 bridgehead atoms. The number of carbonyl (C=O) groups excluding carboxylic acids is 1. The first-order valence-electron chi connectivity index (χ1n) is 9.83. The number of fused-ring (bicyclic) bond motifs is 1. The van der Waals surface area contributed by atoms with Crippen LogP contribution >= 0.6 is 22.9 Å². The Kier molecular flexibility index (Phi) is 5.34. The van der Waals surface area contributed by atoms with Gasteiger partial charge in [-0.25, -0.2) is 4.98 Å². The first-order chi connectivity index (χ1) is 15.6. The maximum absolute atomic E-state index is 13.0. The molecule has 2 aromatic heterocycles. The molecule has 0 atom stereocenters. The smallest absolute Gasteiger partial charge is 0.256 e. The summed E-state index contributed by atoms with van der Waals surface area (Å²) in [5.74, 6) is 1.53. The van der Waals surface area contributed by atoms with Crippen molar-refractivity contribution in [3.05, 3.63) is 95.1 Å². The lowest BCUT2D eigenvalue weighted by Crippen LogP contribution is -2.15. The van der Waals surface area contributed by atoms with Crippen LogP contribution in [0, 0.1) is 6.92 Å². The number of para-hydroxylation sites is 2. The topological polar surface area (TPSA) is 69.0 Å². The van der Waals surface area contributed by atoms with Gasteiger partial charge in [0, 0.05) is 11.6 Å². The summed E-state index contributed by atoms with van der Waals surface area (Å²) in [4.78, 5) is 17.6. The fourth-order valence-electron chi connectivity index (χ4n) is 3.24. The Morgan fingerprint density at radius 2 is 1.78 bits per heavy atom. The van der Waals surface area contributed by atoms with Crippen LogP contribution in [0.1, 0.15) is 16.1 Å². The summed E-state index contributed by atoms with van der Waals surface area (Å²) in [6.45, 7) is 1.86. The van der Waals surface area contributed by atoms with Crippen molar-refractivity contribution in [3.8, 4) is 16.6 Å². The minimum absolute atomic E-state index is 0.274. The van der Waals surface area contributed by atoms with Gasteiger partial charge in [-0.15, -0.1) is 0 Å². The van der Waals surface area contributed by atoms with Gasteiger partial charge in [0.1, 0.15) is 22.8 Å². The summed E-state index contributed by atoms with van der Waals surface area (Å²) >= 11 is 7.73. The molecule has 0 saturated carbocycles. The van der Waals surface area contributed by atoms with E-state index in [1.807, 2.05) is 55.5 Å². The second-order valence-electron chi connectivity index (χ2n) is 7.06. The number of ether oxygens (including phenoxy) is 1. The summed E-state index contributed by atoms with van der Waals surface area (Å²) in [5, 5.41) is 8.65. The van der Waals surface area contributed by atoms with Gasteiger partial charge in [0.25, 0.3) is 5.91 Å². The van der Waals surface area contributed by atoms with Gasteiger partial charge in [0.05, 0.1) is 15.4 Å². The van der Waals surface area contributed by atoms with Gasteiger partial charge in [-0.3, -0.25) is 4.79 Å². The molecule has 3 aromatic carbocycles. The van der Waals surface area contributed by atoms with Crippen molar-refractivity contribution in [2.75, 3.05) is 5.32 Å². The number of carbonyl (C=O) groups is 1. The van der Waals surface area contributed by atoms with Crippen LogP contribution in [0.3, 0.4) is 0 Å². The summed E-state index contributed by atoms with van der Waals surface area (Å²) in [7, 11) is 0. The minimum atomic E-state index is -0.274. The molecule has 0 aliphatic rings. The van der Waals surface area contributed by atoms with Crippen LogP contribution in [0.2, 0.25) is 5.02 Å². The molecule has 0 radical (unpaired) electrons. The third-order valence-corrected chi connectivity index (χ3v) is 5.99. The van der Waals surface area contributed by atoms with Crippen molar-refractivity contribution in [1.29, 1.82) is 0 Å². The summed E-state index contributed by atoms with van der Waals surface area (Å²) in [5.41, 5.74) is 1.94. The number of hydrogen-bond acceptors (Lipinski definition) is 5. The molecule has 32 heavy (non-hydrogen) atoms. The molecule has 2 heterocycles. The highest BCUT2D eigenvalue weighted by molar-refractivity contribution is 7.20. The van der Waals surface area contributed by atoms with E-state index in [0.717, 1.165) is 10.4 Å². The molecule has 1 N–H and O–H groups in total. The van der Waals surface area contributed by atoms with E-state index in [4.69, 9.17) is 16.3 Å². The Balaban J connectivity index is 1.42. The number of amides is 1. The number of aromatic nitrogens is 3. The van der Waals surface area contributed by atoms with E-state index in [0.29, 0.717) is 38.6 Å². The normalized spacial score (nSPS) is 10.9. The van der Waals surface area contributed by atoms with Crippen LogP contribution in [0.25, 0.3) is 15.3 Å². The van der Waals surface area contributed by atoms with Crippen molar-refractivity contribution in [3.63, 3.8) is 0 Å². The van der Waals surface area contributed by atoms with Gasteiger partial charge in [-0.2, -0.15) is 9.78 Å². The van der Waals surface area contributed by atoms with Crippen LogP contribution in [0.4, 0.5) is 5.82 Å². The fraction of sp³-hybridized carbons (Fsp3) is 0.0417. The van der Waals surface area contributed by atoms with E-state index in [1.165, 1.54) is 11.3 Å². The third-order valence-electron chi connectivity index (χ3n) is 4.69. The average Bonchev–Trinajstić information content (AvgIpc) is 3.38. The SMILES string of the molecule is Cc1cc(NC(=O)c2cccc(Oc3ccccc3)c2)n(-c2nc3c(Cl)cccc3s2)n1. The maximum Gasteiger partial charge on any atom is 0.256 e. The number of nitrogens with one attached hydrogen (secondary N) is 1. The summed E-state index contributed by atoms with van der Waals surface area (Å²) in [6, 6.07) is 23.9. The lowest BCUT2D eigenvalue weighted by atomic mass is 10.2. The Hall–Kier alpha value is -3.68. The van der Waals surface area contributed by atoms with Gasteiger partial charge < -0.3 is 10.1 Å². The number of halogens is 1. The minimum Gasteiger partial charge on any atom is -0.457 e. The molecule has 8 heteroatoms. The van der Waals surface area contributed by atoms with Crippen LogP contribution in [-0.4, -0.2) is 20.7 Å². The monoisotopic (exact) mass is 460 g/mol. The number of benzene rings is 3. The molecule has 5 aromatic rings. The highest BCUT2D eigenvalue weighted by atomic mass is 35.5. The lowest BCUT2D eigenvalue weighted by molar-refractivity contribution is 0.102. The lowest BCUT2D eigenvalue weighted by Gasteiger charge is -2.09. The number of aryl methyl sites for hydroxylation is 1. The molecule has 1 amide bonds. The molecule has 0 saturated heterocycles. The standard InChI is InChI=1S/C24H17ClN4O2S/c1-15-13-21(29(28-15)24-27-22-19(25)11-6-12-20(22)32-24)26-23(30)16-7-5-10-18(14-16)31-17-8-3-2-4-9-17/h2-14H,1H3,(H,26,30). The van der Waals surface area contributed by atoms with E-state index in [1.54, 1.807) is 35.0 Å². The quantitative estimate of drug-likeness (QED) is 0.325. The second-order valence-corrected chi connectivity index (χ2v) is 8.48. The molecule has 158 valence electrons. The Labute approximate surface area is 193 Å². The number of anilines is 1. The molecule has 0 fully saturated rings. The van der Waals surface area contributed by atoms with Gasteiger partial charge in [-0.1, -0.05) is 53.3 Å². The average molecular weight is 461 g/mol. The first-order valence-corrected chi connectivity index (χ1v) is 11.0. The highest BCUT2D eigenvalue weighted by Crippen LogP contribution is 2.31. The molecular formula is C24H17ClN4O2S. The second kappa shape index (κ2) is 8.45. The van der Waals surface area contributed by atoms with Crippen molar-refractivity contribution in [2.45, 2.75) is 6.92 Å². The third kappa shape index (κ3) is 4.08. The predicted octanol–water partition coefficient (Wildman–Crippen LogP) is 6.49. The molecule has 0 aliphatic heterocycles. The molecular weight excluding hydrogens is 444 g/mol. The zero-order valence-corrected chi connectivity index (χ0v) is 18.5. The van der Waals surface area contributed by atoms with Crippen molar-refractivity contribution < 1.29 is 9.53 Å². The molecule has 5 rings (SSSR count). The Bertz CT molecular complexity index is 1430. The van der Waals surface area contributed by atoms with Crippen LogP contribution < -0.4 is 10.1 Å². The van der Waals surface area contributed by atoms with Crippen LogP contribution in [0.5, 0.6) is 11.5 Å². The number of nitrogens with zero attached hydrogens (tertiary/aromatic N) is 3. The van der Waals surface area contributed by atoms with Gasteiger partial charge in [0.2, 0.25) is 5.13 Å². The maximum atomic E-state index is 13.0. The predicted molar refractivity (Wildman–Crippen MR) is 127 cm³/mol. The van der Waals surface area contributed by atoms with Crippen LogP contribution in [-0.2, 0) is 0 Å². The van der Waals surface area contributed by atoms with E-state index in [2.05, 4.69) is 15.4 Å². The molecule has 0 aliphatic carbocycles. The molecule has 0 unspecified atom stereocenters. The number of rotatable bonds is 5. The van der Waals surface area contributed by atoms with Crippen molar-refractivity contribution >= 4 is 44.9 Å². The van der Waals surface area contributed by atoms with Gasteiger partial charge >= 0.3 is 0 Å². The number of hydrogen-bond donors (Lipinski definition) is 1. The van der Waals surface area contributed by atoms with Gasteiger partial charge in [-0.05, 0) is 49.4 Å². The van der Waals surface area contributed by atoms with E-state index < -0.39 is 0 Å². The highest BCUT2D eigenvalue weighted by Gasteiger charge is 2.16. The van der Waals surface area contributed by atoms with E-state index in [9.17, 15) is 4.79 Å².